The monoisotopic (exact) mass is 316 g/mol. The van der Waals surface area contributed by atoms with Crippen LogP contribution in [-0.2, 0) is 14.3 Å². The Morgan fingerprint density at radius 3 is 2.60 bits per heavy atom. The van der Waals surface area contributed by atoms with Gasteiger partial charge >= 0.3 is 11.9 Å². The summed E-state index contributed by atoms with van der Waals surface area (Å²) in [6, 6.07) is 4.49. The second-order valence-corrected chi connectivity index (χ2v) is 4.69. The van der Waals surface area contributed by atoms with Crippen LogP contribution in [0.3, 0.4) is 0 Å². The summed E-state index contributed by atoms with van der Waals surface area (Å²) in [5, 5.41) is 0.641. The Balaban J connectivity index is 2.50. The van der Waals surface area contributed by atoms with Crippen molar-refractivity contribution in [2.45, 2.75) is 19.8 Å². The van der Waals surface area contributed by atoms with Crippen LogP contribution in [0.4, 0.5) is 0 Å². The van der Waals surface area contributed by atoms with E-state index >= 15 is 0 Å². The summed E-state index contributed by atoms with van der Waals surface area (Å²) in [7, 11) is 0. The van der Waals surface area contributed by atoms with Crippen molar-refractivity contribution in [3.05, 3.63) is 40.4 Å². The maximum Gasteiger partial charge on any atom is 0.336 e. The van der Waals surface area contributed by atoms with E-state index in [1.807, 2.05) is 6.92 Å². The van der Waals surface area contributed by atoms with Crippen LogP contribution in [0.1, 0.15) is 19.8 Å². The van der Waals surface area contributed by atoms with Crippen LogP contribution in [0.2, 0.25) is 10.0 Å². The van der Waals surface area contributed by atoms with Crippen molar-refractivity contribution in [1.82, 2.24) is 0 Å². The van der Waals surface area contributed by atoms with Crippen molar-refractivity contribution >= 4 is 35.1 Å². The fourth-order valence-electron chi connectivity index (χ4n) is 1.20. The molecule has 0 fully saturated rings. The smallest absolute Gasteiger partial charge is 0.336 e. The molecule has 1 aromatic rings. The molecule has 4 nitrogen and oxygen atoms in total. The fraction of sp³-hybridized carbons (Fsp3) is 0.286. The summed E-state index contributed by atoms with van der Waals surface area (Å²) in [4.78, 5) is 22.7. The Morgan fingerprint density at radius 1 is 1.20 bits per heavy atom. The minimum absolute atomic E-state index is 0.133. The number of hydrogen-bond acceptors (Lipinski definition) is 4. The molecular formula is C14H14Cl2O4. The molecule has 0 unspecified atom stereocenters. The first-order chi connectivity index (χ1) is 9.52. The predicted octanol–water partition coefficient (Wildman–Crippen LogP) is 3.80. The lowest BCUT2D eigenvalue weighted by Crippen LogP contribution is -2.07. The summed E-state index contributed by atoms with van der Waals surface area (Å²) < 4.78 is 9.80. The van der Waals surface area contributed by atoms with Crippen LogP contribution in [-0.4, -0.2) is 18.5 Å². The summed E-state index contributed by atoms with van der Waals surface area (Å²) in [5.41, 5.74) is 0. The lowest BCUT2D eigenvalue weighted by atomic mass is 10.3. The van der Waals surface area contributed by atoms with Gasteiger partial charge in [-0.3, -0.25) is 0 Å². The fourth-order valence-corrected chi connectivity index (χ4v) is 1.52. The number of carbonyl (C=O) groups excluding carboxylic acids is 2. The number of hydrogen-bond donors (Lipinski definition) is 0. The summed E-state index contributed by atoms with van der Waals surface area (Å²) in [6.45, 7) is 2.31. The summed E-state index contributed by atoms with van der Waals surface area (Å²) in [6.07, 6.45) is 3.69. The van der Waals surface area contributed by atoms with Crippen molar-refractivity contribution in [1.29, 1.82) is 0 Å². The average molecular weight is 317 g/mol. The summed E-state index contributed by atoms with van der Waals surface area (Å²) in [5.74, 6) is -1.19. The highest BCUT2D eigenvalue weighted by molar-refractivity contribution is 6.34. The Hall–Kier alpha value is -1.52. The van der Waals surface area contributed by atoms with Crippen LogP contribution in [0.5, 0.6) is 5.75 Å². The normalized spacial score (nSPS) is 10.6. The van der Waals surface area contributed by atoms with E-state index in [-0.39, 0.29) is 10.8 Å². The van der Waals surface area contributed by atoms with E-state index in [1.165, 1.54) is 12.1 Å². The zero-order valence-electron chi connectivity index (χ0n) is 10.9. The van der Waals surface area contributed by atoms with Crippen molar-refractivity contribution in [2.75, 3.05) is 6.61 Å². The van der Waals surface area contributed by atoms with Crippen molar-refractivity contribution in [3.8, 4) is 5.75 Å². The number of carbonyl (C=O) groups is 2. The van der Waals surface area contributed by atoms with Gasteiger partial charge in [0, 0.05) is 23.2 Å². The Kier molecular flexibility index (Phi) is 7.12. The van der Waals surface area contributed by atoms with Gasteiger partial charge in [0.2, 0.25) is 0 Å². The maximum atomic E-state index is 11.5. The molecule has 0 aliphatic rings. The average Bonchev–Trinajstić information content (AvgIpc) is 2.41. The highest BCUT2D eigenvalue weighted by atomic mass is 35.5. The minimum atomic E-state index is -0.735. The van der Waals surface area contributed by atoms with Crippen LogP contribution >= 0.6 is 23.2 Å². The van der Waals surface area contributed by atoms with Gasteiger partial charge in [-0.05, 0) is 18.6 Å². The largest absolute Gasteiger partial charge is 0.463 e. The zero-order chi connectivity index (χ0) is 15.0. The third kappa shape index (κ3) is 6.08. The van der Waals surface area contributed by atoms with Gasteiger partial charge in [0.25, 0.3) is 0 Å². The molecule has 108 valence electrons. The van der Waals surface area contributed by atoms with Gasteiger partial charge in [-0.1, -0.05) is 36.5 Å². The van der Waals surface area contributed by atoms with Crippen LogP contribution < -0.4 is 4.74 Å². The topological polar surface area (TPSA) is 52.6 Å². The third-order valence-electron chi connectivity index (χ3n) is 2.20. The molecule has 0 aliphatic heterocycles. The Bertz CT molecular complexity index is 512. The first kappa shape index (κ1) is 16.5. The van der Waals surface area contributed by atoms with Gasteiger partial charge in [-0.25, -0.2) is 9.59 Å². The molecule has 0 aliphatic carbocycles. The molecule has 0 aromatic heterocycles. The molecule has 0 radical (unpaired) electrons. The second kappa shape index (κ2) is 8.61. The van der Waals surface area contributed by atoms with E-state index in [9.17, 15) is 9.59 Å². The molecule has 0 saturated heterocycles. The molecule has 0 amide bonds. The van der Waals surface area contributed by atoms with Crippen LogP contribution in [0, 0.1) is 0 Å². The van der Waals surface area contributed by atoms with E-state index in [0.717, 1.165) is 25.0 Å². The Morgan fingerprint density at radius 2 is 1.90 bits per heavy atom. The molecule has 0 atom stereocenters. The molecule has 0 saturated carbocycles. The van der Waals surface area contributed by atoms with Crippen LogP contribution in [0.25, 0.3) is 0 Å². The number of unbranched alkanes of at least 4 members (excludes halogenated alkanes) is 1. The molecule has 20 heavy (non-hydrogen) atoms. The molecule has 1 aromatic carbocycles. The molecule has 6 heteroatoms. The van der Waals surface area contributed by atoms with E-state index in [1.54, 1.807) is 6.07 Å². The minimum Gasteiger partial charge on any atom is -0.463 e. The molecule has 0 spiro atoms. The molecule has 0 bridgehead atoms. The lowest BCUT2D eigenvalue weighted by Gasteiger charge is -2.04. The molecule has 0 N–H and O–H groups in total. The van der Waals surface area contributed by atoms with Crippen LogP contribution in [0.15, 0.2) is 30.4 Å². The van der Waals surface area contributed by atoms with Gasteiger partial charge < -0.3 is 9.47 Å². The van der Waals surface area contributed by atoms with E-state index in [0.29, 0.717) is 11.6 Å². The van der Waals surface area contributed by atoms with E-state index < -0.39 is 11.9 Å². The highest BCUT2D eigenvalue weighted by Gasteiger charge is 2.07. The standard InChI is InChI=1S/C14H14Cl2O4/c1-2-3-8-19-13(17)6-7-14(18)20-12-9-10(15)4-5-11(12)16/h4-7,9H,2-3,8H2,1H3/b7-6+. The third-order valence-corrected chi connectivity index (χ3v) is 2.75. The molecule has 0 heterocycles. The van der Waals surface area contributed by atoms with E-state index in [2.05, 4.69) is 0 Å². The lowest BCUT2D eigenvalue weighted by molar-refractivity contribution is -0.138. The summed E-state index contributed by atoms with van der Waals surface area (Å²) >= 11 is 11.6. The van der Waals surface area contributed by atoms with Gasteiger partial charge in [-0.2, -0.15) is 0 Å². The van der Waals surface area contributed by atoms with Crippen molar-refractivity contribution in [3.63, 3.8) is 0 Å². The van der Waals surface area contributed by atoms with Gasteiger partial charge in [0.15, 0.2) is 5.75 Å². The first-order valence-corrected chi connectivity index (χ1v) is 6.80. The number of ether oxygens (including phenoxy) is 2. The quantitative estimate of drug-likeness (QED) is 0.347. The number of rotatable bonds is 6. The van der Waals surface area contributed by atoms with Gasteiger partial charge in [-0.15, -0.1) is 0 Å². The first-order valence-electron chi connectivity index (χ1n) is 6.04. The number of esters is 2. The number of halogens is 2. The second-order valence-electron chi connectivity index (χ2n) is 3.85. The van der Waals surface area contributed by atoms with Gasteiger partial charge in [0.1, 0.15) is 0 Å². The Labute approximate surface area is 127 Å². The highest BCUT2D eigenvalue weighted by Crippen LogP contribution is 2.27. The molecule has 1 rings (SSSR count). The SMILES string of the molecule is CCCCOC(=O)/C=C/C(=O)Oc1cc(Cl)ccc1Cl. The van der Waals surface area contributed by atoms with Crippen molar-refractivity contribution < 1.29 is 19.1 Å². The van der Waals surface area contributed by atoms with E-state index in [4.69, 9.17) is 32.7 Å². The molecular weight excluding hydrogens is 303 g/mol. The maximum absolute atomic E-state index is 11.5. The predicted molar refractivity (Wildman–Crippen MR) is 77.1 cm³/mol. The zero-order valence-corrected chi connectivity index (χ0v) is 12.4. The van der Waals surface area contributed by atoms with Crippen molar-refractivity contribution in [2.24, 2.45) is 0 Å². The van der Waals surface area contributed by atoms with Gasteiger partial charge in [0.05, 0.1) is 11.6 Å². The number of benzene rings is 1.